The number of aliphatic imine (C=N–C) groups is 1. The van der Waals surface area contributed by atoms with Crippen molar-refractivity contribution >= 4 is 40.7 Å². The van der Waals surface area contributed by atoms with Gasteiger partial charge >= 0.3 is 0 Å². The molecule has 0 saturated carbocycles. The van der Waals surface area contributed by atoms with Crippen LogP contribution in [0.3, 0.4) is 0 Å². The van der Waals surface area contributed by atoms with Crippen molar-refractivity contribution in [1.82, 2.24) is 20.2 Å². The van der Waals surface area contributed by atoms with E-state index >= 15 is 0 Å². The first-order chi connectivity index (χ1) is 12.5. The molecule has 0 amide bonds. The van der Waals surface area contributed by atoms with Crippen molar-refractivity contribution in [3.63, 3.8) is 0 Å². The number of nitrogens with one attached hydrogen (secondary N) is 2. The van der Waals surface area contributed by atoms with Crippen molar-refractivity contribution < 1.29 is 0 Å². The normalized spacial score (nSPS) is 11.5. The summed E-state index contributed by atoms with van der Waals surface area (Å²) in [6, 6.07) is 9.13. The number of thioether (sulfide) groups is 1. The van der Waals surface area contributed by atoms with Gasteiger partial charge in [-0.25, -0.2) is 4.98 Å². The maximum atomic E-state index is 11.9. The first-order valence-electron chi connectivity index (χ1n) is 7.69. The molecule has 26 heavy (non-hydrogen) atoms. The van der Waals surface area contributed by atoms with E-state index in [9.17, 15) is 4.79 Å². The number of hydrogen-bond acceptors (Lipinski definition) is 7. The van der Waals surface area contributed by atoms with Gasteiger partial charge in [0.25, 0.3) is 5.56 Å². The Balaban J connectivity index is 1.74. The maximum absolute atomic E-state index is 11.9. The van der Waals surface area contributed by atoms with Gasteiger partial charge in [-0.15, -0.1) is 10.2 Å². The van der Waals surface area contributed by atoms with Gasteiger partial charge in [0.2, 0.25) is 11.9 Å². The Labute approximate surface area is 158 Å². The Kier molecular flexibility index (Phi) is 5.64. The van der Waals surface area contributed by atoms with E-state index in [0.717, 1.165) is 20.6 Å². The zero-order valence-electron chi connectivity index (χ0n) is 14.2. The second-order valence-electron chi connectivity index (χ2n) is 5.37. The third-order valence-corrected chi connectivity index (χ3v) is 5.27. The molecule has 0 spiro atoms. The van der Waals surface area contributed by atoms with Gasteiger partial charge in [-0.1, -0.05) is 41.3 Å². The molecular formula is C16H17N7OS2. The number of hydrogen-bond donors (Lipinski definition) is 3. The van der Waals surface area contributed by atoms with Gasteiger partial charge in [-0.3, -0.25) is 9.78 Å². The number of para-hydroxylation sites is 1. The van der Waals surface area contributed by atoms with Crippen molar-refractivity contribution in [3.05, 3.63) is 57.0 Å². The Morgan fingerprint density at radius 2 is 2.15 bits per heavy atom. The minimum atomic E-state index is -0.286. The van der Waals surface area contributed by atoms with Crippen molar-refractivity contribution in [3.8, 4) is 0 Å². The van der Waals surface area contributed by atoms with E-state index in [2.05, 4.69) is 30.5 Å². The van der Waals surface area contributed by atoms with Gasteiger partial charge in [0.15, 0.2) is 4.34 Å². The Hall–Kier alpha value is -2.72. The van der Waals surface area contributed by atoms with Gasteiger partial charge in [-0.2, -0.15) is 4.99 Å². The summed E-state index contributed by atoms with van der Waals surface area (Å²) in [4.78, 5) is 22.9. The quantitative estimate of drug-likeness (QED) is 0.349. The van der Waals surface area contributed by atoms with Crippen molar-refractivity contribution in [2.75, 3.05) is 5.32 Å². The van der Waals surface area contributed by atoms with Crippen LogP contribution in [-0.2, 0) is 5.75 Å². The van der Waals surface area contributed by atoms with E-state index in [1.807, 2.05) is 38.1 Å². The summed E-state index contributed by atoms with van der Waals surface area (Å²) < 4.78 is 0.829. The summed E-state index contributed by atoms with van der Waals surface area (Å²) in [5.74, 6) is 0.791. The van der Waals surface area contributed by atoms with Gasteiger partial charge < -0.3 is 11.1 Å². The largest absolute Gasteiger partial charge is 0.369 e. The van der Waals surface area contributed by atoms with E-state index in [0.29, 0.717) is 11.4 Å². The lowest BCUT2D eigenvalue weighted by Gasteiger charge is -2.08. The molecular weight excluding hydrogens is 370 g/mol. The average molecular weight is 387 g/mol. The number of aromatic amines is 1. The predicted molar refractivity (Wildman–Crippen MR) is 105 cm³/mol. The monoisotopic (exact) mass is 387 g/mol. The van der Waals surface area contributed by atoms with Crippen LogP contribution in [0.15, 0.2) is 44.5 Å². The summed E-state index contributed by atoms with van der Waals surface area (Å²) in [7, 11) is 0. The summed E-state index contributed by atoms with van der Waals surface area (Å²) in [6.45, 7) is 3.85. The lowest BCUT2D eigenvalue weighted by Crippen LogP contribution is -2.23. The van der Waals surface area contributed by atoms with E-state index in [1.165, 1.54) is 29.2 Å². The fourth-order valence-electron chi connectivity index (χ4n) is 2.09. The molecule has 8 nitrogen and oxygen atoms in total. The van der Waals surface area contributed by atoms with Crippen molar-refractivity contribution in [2.24, 2.45) is 10.7 Å². The molecule has 0 fully saturated rings. The zero-order valence-corrected chi connectivity index (χ0v) is 15.8. The number of H-pyrrole nitrogens is 1. The molecule has 0 saturated heterocycles. The molecule has 3 aromatic rings. The minimum absolute atomic E-state index is 0.145. The fourth-order valence-corrected chi connectivity index (χ4v) is 3.79. The molecule has 3 rings (SSSR count). The zero-order chi connectivity index (χ0) is 18.5. The molecule has 1 aromatic carbocycles. The van der Waals surface area contributed by atoms with Crippen LogP contribution in [0.1, 0.15) is 16.3 Å². The Bertz CT molecular complexity index is 996. The fraction of sp³-hybridized carbons (Fsp3) is 0.188. The molecule has 0 aliphatic carbocycles. The molecule has 4 N–H and O–H groups in total. The topological polar surface area (TPSA) is 122 Å². The summed E-state index contributed by atoms with van der Waals surface area (Å²) in [5.41, 5.74) is 8.11. The van der Waals surface area contributed by atoms with Crippen LogP contribution >= 0.6 is 23.1 Å². The van der Waals surface area contributed by atoms with E-state index < -0.39 is 0 Å². The molecule has 134 valence electrons. The highest BCUT2D eigenvalue weighted by atomic mass is 32.2. The van der Waals surface area contributed by atoms with Crippen LogP contribution in [0, 0.1) is 13.8 Å². The van der Waals surface area contributed by atoms with Gasteiger partial charge in [-0.05, 0) is 25.5 Å². The van der Waals surface area contributed by atoms with E-state index in [-0.39, 0.29) is 17.5 Å². The molecule has 0 atom stereocenters. The van der Waals surface area contributed by atoms with Crippen LogP contribution in [0.2, 0.25) is 0 Å². The second kappa shape index (κ2) is 8.11. The highest BCUT2D eigenvalue weighted by Crippen LogP contribution is 2.24. The van der Waals surface area contributed by atoms with Gasteiger partial charge in [0, 0.05) is 17.5 Å². The van der Waals surface area contributed by atoms with E-state index in [4.69, 9.17) is 5.73 Å². The minimum Gasteiger partial charge on any atom is -0.369 e. The highest BCUT2D eigenvalue weighted by molar-refractivity contribution is 8.00. The number of rotatable bonds is 5. The van der Waals surface area contributed by atoms with Gasteiger partial charge in [0.05, 0.1) is 5.69 Å². The number of benzene rings is 1. The third-order valence-electron chi connectivity index (χ3n) is 3.27. The first kappa shape index (κ1) is 18.1. The van der Waals surface area contributed by atoms with Crippen LogP contribution in [-0.4, -0.2) is 26.1 Å². The van der Waals surface area contributed by atoms with Crippen LogP contribution in [0.4, 0.5) is 11.6 Å². The number of aryl methyl sites for hydroxylation is 2. The van der Waals surface area contributed by atoms with Crippen LogP contribution in [0.5, 0.6) is 0 Å². The van der Waals surface area contributed by atoms with E-state index in [1.54, 1.807) is 0 Å². The number of nitrogens with two attached hydrogens (primary N) is 1. The molecule has 2 heterocycles. The summed E-state index contributed by atoms with van der Waals surface area (Å²) in [5, 5.41) is 11.9. The predicted octanol–water partition coefficient (Wildman–Crippen LogP) is 2.59. The number of aromatic nitrogens is 4. The Morgan fingerprint density at radius 3 is 2.88 bits per heavy atom. The standard InChI is InChI=1S/C16H17N7OS2/c1-9-5-3-4-6-12(9)19-14(17)21-15-18-11(7-13(24)20-15)8-25-16-23-22-10(2)26-16/h3-7H,8H2,1-2H3,(H4,17,18,19,20,21,24). The first-order valence-corrected chi connectivity index (χ1v) is 9.50. The number of nitrogens with zero attached hydrogens (tertiary/aromatic N) is 4. The molecule has 0 unspecified atom stereocenters. The smallest absolute Gasteiger partial charge is 0.252 e. The molecule has 10 heteroatoms. The number of anilines is 1. The average Bonchev–Trinajstić information content (AvgIpc) is 3.00. The van der Waals surface area contributed by atoms with Crippen molar-refractivity contribution in [1.29, 1.82) is 0 Å². The SMILES string of the molecule is Cc1nnc(SCc2cc(=O)[nH]c(N=C(N)Nc3ccccc3C)n2)s1. The highest BCUT2D eigenvalue weighted by Gasteiger charge is 2.06. The molecule has 0 aliphatic rings. The van der Waals surface area contributed by atoms with Crippen molar-refractivity contribution in [2.45, 2.75) is 23.9 Å². The Morgan fingerprint density at radius 1 is 1.35 bits per heavy atom. The summed E-state index contributed by atoms with van der Waals surface area (Å²) >= 11 is 2.97. The molecule has 2 aromatic heterocycles. The maximum Gasteiger partial charge on any atom is 0.252 e. The molecule has 0 radical (unpaired) electrons. The summed E-state index contributed by atoms with van der Waals surface area (Å²) in [6.07, 6.45) is 0. The van der Waals surface area contributed by atoms with Crippen LogP contribution < -0.4 is 16.6 Å². The lowest BCUT2D eigenvalue weighted by atomic mass is 10.2. The number of guanidine groups is 1. The lowest BCUT2D eigenvalue weighted by molar-refractivity contribution is 0.981. The molecule has 0 bridgehead atoms. The second-order valence-corrected chi connectivity index (χ2v) is 7.78. The molecule has 0 aliphatic heterocycles. The van der Waals surface area contributed by atoms with Gasteiger partial charge in [0.1, 0.15) is 5.01 Å². The van der Waals surface area contributed by atoms with Crippen LogP contribution in [0.25, 0.3) is 0 Å². The third kappa shape index (κ3) is 4.90.